The molecule has 1 atom stereocenters. The molecule has 134 valence electrons. The Morgan fingerprint density at radius 3 is 2.67 bits per heavy atom. The first-order valence-electron chi connectivity index (χ1n) is 8.06. The fraction of sp³-hybridized carbons (Fsp3) is 0.0526. The number of carbonyl (C=O) groups is 1. The lowest BCUT2D eigenvalue weighted by Crippen LogP contribution is -2.21. The summed E-state index contributed by atoms with van der Waals surface area (Å²) in [6.45, 7) is 0. The first-order chi connectivity index (χ1) is 13.1. The second-order valence-corrected chi connectivity index (χ2v) is 6.84. The molecule has 1 aliphatic heterocycles. The van der Waals surface area contributed by atoms with E-state index in [1.54, 1.807) is 24.3 Å². The molecule has 7 nitrogen and oxygen atoms in total. The van der Waals surface area contributed by atoms with Crippen molar-refractivity contribution in [2.24, 2.45) is 4.99 Å². The number of nitro groups is 1. The van der Waals surface area contributed by atoms with E-state index < -0.39 is 10.2 Å². The van der Waals surface area contributed by atoms with Gasteiger partial charge >= 0.3 is 0 Å². The van der Waals surface area contributed by atoms with Crippen molar-refractivity contribution in [3.63, 3.8) is 0 Å². The summed E-state index contributed by atoms with van der Waals surface area (Å²) in [7, 11) is 0. The second-order valence-electron chi connectivity index (χ2n) is 5.75. The van der Waals surface area contributed by atoms with Crippen molar-refractivity contribution in [2.75, 3.05) is 0 Å². The standard InChI is InChI=1S/C19H13N3O4S/c23-18-17(27-19(21-18)20-13-6-2-1-3-7-13)16-10-9-15(26-16)12-5-4-8-14(11-12)22(24)25/h1-11,17H,(H,20,21,23)/t17-/m0/s1. The number of benzene rings is 2. The van der Waals surface area contributed by atoms with Crippen molar-refractivity contribution in [2.45, 2.75) is 5.25 Å². The van der Waals surface area contributed by atoms with Gasteiger partial charge in [-0.3, -0.25) is 14.9 Å². The highest BCUT2D eigenvalue weighted by atomic mass is 32.2. The van der Waals surface area contributed by atoms with Gasteiger partial charge in [-0.05, 0) is 24.3 Å². The van der Waals surface area contributed by atoms with Gasteiger partial charge in [0.1, 0.15) is 16.8 Å². The average Bonchev–Trinajstić information content (AvgIpc) is 3.29. The van der Waals surface area contributed by atoms with Crippen LogP contribution in [0.4, 0.5) is 11.4 Å². The van der Waals surface area contributed by atoms with Crippen LogP contribution >= 0.6 is 11.8 Å². The van der Waals surface area contributed by atoms with E-state index in [0.29, 0.717) is 22.3 Å². The third kappa shape index (κ3) is 3.61. The number of furan rings is 1. The highest BCUT2D eigenvalue weighted by Crippen LogP contribution is 2.38. The Kier molecular flexibility index (Phi) is 4.47. The molecule has 27 heavy (non-hydrogen) atoms. The number of non-ortho nitro benzene ring substituents is 1. The van der Waals surface area contributed by atoms with Crippen molar-refractivity contribution in [1.29, 1.82) is 0 Å². The molecule has 0 spiro atoms. The molecule has 1 aromatic heterocycles. The van der Waals surface area contributed by atoms with Crippen LogP contribution in [0.5, 0.6) is 0 Å². The van der Waals surface area contributed by atoms with E-state index in [0.717, 1.165) is 5.69 Å². The van der Waals surface area contributed by atoms with Crippen LogP contribution in [0, 0.1) is 10.1 Å². The number of hydrogen-bond acceptors (Lipinski definition) is 6. The van der Waals surface area contributed by atoms with E-state index in [9.17, 15) is 14.9 Å². The normalized spacial score (nSPS) is 17.9. The number of aliphatic imine (C=N–C) groups is 1. The molecule has 2 aromatic carbocycles. The number of para-hydroxylation sites is 1. The molecule has 1 amide bonds. The zero-order chi connectivity index (χ0) is 18.8. The summed E-state index contributed by atoms with van der Waals surface area (Å²) < 4.78 is 5.80. The fourth-order valence-electron chi connectivity index (χ4n) is 2.65. The van der Waals surface area contributed by atoms with E-state index in [-0.39, 0.29) is 11.6 Å². The molecule has 1 N–H and O–H groups in total. The van der Waals surface area contributed by atoms with E-state index in [4.69, 9.17) is 4.42 Å². The summed E-state index contributed by atoms with van der Waals surface area (Å²) in [6, 6.07) is 18.9. The van der Waals surface area contributed by atoms with Crippen LogP contribution in [-0.4, -0.2) is 16.0 Å². The fourth-order valence-corrected chi connectivity index (χ4v) is 3.60. The van der Waals surface area contributed by atoms with Crippen molar-refractivity contribution < 1.29 is 14.1 Å². The Morgan fingerprint density at radius 1 is 1.07 bits per heavy atom. The van der Waals surface area contributed by atoms with Gasteiger partial charge in [-0.25, -0.2) is 4.99 Å². The van der Waals surface area contributed by atoms with Gasteiger partial charge in [0.2, 0.25) is 5.91 Å². The lowest BCUT2D eigenvalue weighted by molar-refractivity contribution is -0.384. The topological polar surface area (TPSA) is 97.7 Å². The van der Waals surface area contributed by atoms with Crippen LogP contribution < -0.4 is 5.32 Å². The summed E-state index contributed by atoms with van der Waals surface area (Å²) in [5, 5.41) is 13.6. The number of nitrogens with one attached hydrogen (secondary N) is 1. The quantitative estimate of drug-likeness (QED) is 0.533. The molecule has 0 aliphatic carbocycles. The Labute approximate surface area is 158 Å². The molecule has 0 saturated carbocycles. The number of rotatable bonds is 4. The van der Waals surface area contributed by atoms with Crippen LogP contribution in [-0.2, 0) is 4.79 Å². The van der Waals surface area contributed by atoms with Crippen molar-refractivity contribution in [3.8, 4) is 11.3 Å². The smallest absolute Gasteiger partial charge is 0.270 e. The third-order valence-electron chi connectivity index (χ3n) is 3.91. The van der Waals surface area contributed by atoms with Gasteiger partial charge < -0.3 is 9.73 Å². The number of carbonyl (C=O) groups excluding carboxylic acids is 1. The molecular weight excluding hydrogens is 366 g/mol. The lowest BCUT2D eigenvalue weighted by Gasteiger charge is -2.01. The van der Waals surface area contributed by atoms with E-state index in [1.165, 1.54) is 23.9 Å². The summed E-state index contributed by atoms with van der Waals surface area (Å²) in [5.41, 5.74) is 1.31. The van der Waals surface area contributed by atoms with E-state index >= 15 is 0 Å². The molecule has 1 saturated heterocycles. The van der Waals surface area contributed by atoms with Crippen molar-refractivity contribution in [3.05, 3.63) is 82.6 Å². The predicted octanol–water partition coefficient (Wildman–Crippen LogP) is 4.45. The molecule has 0 radical (unpaired) electrons. The molecule has 1 aliphatic rings. The first-order valence-corrected chi connectivity index (χ1v) is 8.94. The van der Waals surface area contributed by atoms with E-state index in [1.807, 2.05) is 30.3 Å². The first kappa shape index (κ1) is 17.0. The number of thioether (sulfide) groups is 1. The molecule has 8 heteroatoms. The maximum absolute atomic E-state index is 12.3. The van der Waals surface area contributed by atoms with Crippen LogP contribution in [0.25, 0.3) is 11.3 Å². The monoisotopic (exact) mass is 379 g/mol. The summed E-state index contributed by atoms with van der Waals surface area (Å²) in [5.74, 6) is 0.724. The maximum Gasteiger partial charge on any atom is 0.270 e. The molecule has 3 aromatic rings. The molecule has 2 heterocycles. The molecule has 0 bridgehead atoms. The third-order valence-corrected chi connectivity index (χ3v) is 5.01. The van der Waals surface area contributed by atoms with Gasteiger partial charge in [-0.1, -0.05) is 42.1 Å². The average molecular weight is 379 g/mol. The largest absolute Gasteiger partial charge is 0.459 e. The second kappa shape index (κ2) is 7.08. The Morgan fingerprint density at radius 2 is 1.89 bits per heavy atom. The predicted molar refractivity (Wildman–Crippen MR) is 103 cm³/mol. The van der Waals surface area contributed by atoms with Gasteiger partial charge in [0.05, 0.1) is 10.6 Å². The number of amides is 1. The summed E-state index contributed by atoms with van der Waals surface area (Å²) >= 11 is 1.27. The zero-order valence-corrected chi connectivity index (χ0v) is 14.7. The highest BCUT2D eigenvalue weighted by Gasteiger charge is 2.34. The van der Waals surface area contributed by atoms with Crippen LogP contribution in [0.15, 0.2) is 76.1 Å². The minimum absolute atomic E-state index is 0.0179. The van der Waals surface area contributed by atoms with Gasteiger partial charge in [0.25, 0.3) is 5.69 Å². The summed E-state index contributed by atoms with van der Waals surface area (Å²) in [6.07, 6.45) is 0. The van der Waals surface area contributed by atoms with Gasteiger partial charge in [-0.15, -0.1) is 0 Å². The minimum Gasteiger partial charge on any atom is -0.459 e. The minimum atomic E-state index is -0.556. The number of nitro benzene ring substituents is 1. The molecular formula is C19H13N3O4S. The van der Waals surface area contributed by atoms with Crippen molar-refractivity contribution >= 4 is 34.2 Å². The zero-order valence-electron chi connectivity index (χ0n) is 13.9. The molecule has 4 rings (SSSR count). The molecule has 1 fully saturated rings. The number of nitrogens with zero attached hydrogens (tertiary/aromatic N) is 2. The van der Waals surface area contributed by atoms with Crippen LogP contribution in [0.1, 0.15) is 11.0 Å². The SMILES string of the molecule is O=C1NC(=Nc2ccccc2)S[C@H]1c1ccc(-c2cccc([N+](=O)[O-])c2)o1. The van der Waals surface area contributed by atoms with Crippen LogP contribution in [0.2, 0.25) is 0 Å². The molecule has 0 unspecified atom stereocenters. The Balaban J connectivity index is 1.57. The highest BCUT2D eigenvalue weighted by molar-refractivity contribution is 8.15. The number of amidine groups is 1. The Hall–Kier alpha value is -3.39. The van der Waals surface area contributed by atoms with Gasteiger partial charge in [-0.2, -0.15) is 0 Å². The van der Waals surface area contributed by atoms with Crippen molar-refractivity contribution in [1.82, 2.24) is 5.32 Å². The number of hydrogen-bond donors (Lipinski definition) is 1. The lowest BCUT2D eigenvalue weighted by atomic mass is 10.1. The van der Waals surface area contributed by atoms with E-state index in [2.05, 4.69) is 10.3 Å². The van der Waals surface area contributed by atoms with Crippen LogP contribution in [0.3, 0.4) is 0 Å². The summed E-state index contributed by atoms with van der Waals surface area (Å²) in [4.78, 5) is 27.2. The van der Waals surface area contributed by atoms with Gasteiger partial charge in [0.15, 0.2) is 5.17 Å². The van der Waals surface area contributed by atoms with Gasteiger partial charge in [0, 0.05) is 17.7 Å². The maximum atomic E-state index is 12.3. The Bertz CT molecular complexity index is 1050.